The molecule has 2 aromatic rings. The summed E-state index contributed by atoms with van der Waals surface area (Å²) in [5.41, 5.74) is 2.99. The number of pyridine rings is 1. The largest absolute Gasteiger partial charge is 0.382 e. The molecule has 1 atom stereocenters. The van der Waals surface area contributed by atoms with E-state index in [-0.39, 0.29) is 0 Å². The van der Waals surface area contributed by atoms with E-state index >= 15 is 0 Å². The topological polar surface area (TPSA) is 37.0 Å². The van der Waals surface area contributed by atoms with E-state index in [2.05, 4.69) is 52.9 Å². The zero-order valence-corrected chi connectivity index (χ0v) is 18.0. The first-order chi connectivity index (χ1) is 14.2. The van der Waals surface area contributed by atoms with Crippen molar-refractivity contribution >= 4 is 16.6 Å². The minimum absolute atomic E-state index is 0.478. The molecule has 0 amide bonds. The lowest BCUT2D eigenvalue weighted by atomic mass is 9.49. The maximum atomic E-state index is 4.46. The molecule has 1 heterocycles. The van der Waals surface area contributed by atoms with Crippen LogP contribution < -0.4 is 10.6 Å². The van der Waals surface area contributed by atoms with Gasteiger partial charge < -0.3 is 10.6 Å². The minimum atomic E-state index is 0.478. The third-order valence-electron chi connectivity index (χ3n) is 8.04. The summed E-state index contributed by atoms with van der Waals surface area (Å²) >= 11 is 0. The standard InChI is InChI=1S/C26H37N3/c1-19(29-25-8-11-28-24-7-3-2-6-23(24)25)5-4-10-27-12-9-26-16-20-13-21(17-26)15-22(14-20)18-26/h2-3,6-8,11,19-22,27H,4-5,9-10,12-18H2,1H3,(H,28,29). The second kappa shape index (κ2) is 8.26. The van der Waals surface area contributed by atoms with Crippen LogP contribution >= 0.6 is 0 Å². The van der Waals surface area contributed by atoms with Gasteiger partial charge in [-0.15, -0.1) is 0 Å². The number of hydrogen-bond acceptors (Lipinski definition) is 3. The molecule has 0 saturated heterocycles. The van der Waals surface area contributed by atoms with Crippen LogP contribution in [0.3, 0.4) is 0 Å². The minimum Gasteiger partial charge on any atom is -0.382 e. The summed E-state index contributed by atoms with van der Waals surface area (Å²) in [5.74, 6) is 3.24. The molecule has 1 aromatic heterocycles. The first-order valence-corrected chi connectivity index (χ1v) is 12.0. The molecule has 0 spiro atoms. The third-order valence-corrected chi connectivity index (χ3v) is 8.04. The van der Waals surface area contributed by atoms with Crippen molar-refractivity contribution in [2.75, 3.05) is 18.4 Å². The Hall–Kier alpha value is -1.61. The summed E-state index contributed by atoms with van der Waals surface area (Å²) < 4.78 is 0. The predicted octanol–water partition coefficient (Wildman–Crippen LogP) is 6.01. The normalized spacial score (nSPS) is 31.3. The van der Waals surface area contributed by atoms with Crippen LogP contribution in [0, 0.1) is 23.2 Å². The average molecular weight is 392 g/mol. The van der Waals surface area contributed by atoms with E-state index in [0.717, 1.165) is 35.2 Å². The van der Waals surface area contributed by atoms with Crippen LogP contribution in [0.1, 0.15) is 64.7 Å². The van der Waals surface area contributed by atoms with E-state index in [1.165, 1.54) is 36.9 Å². The quantitative estimate of drug-likeness (QED) is 0.514. The molecule has 4 saturated carbocycles. The van der Waals surface area contributed by atoms with Gasteiger partial charge in [0.15, 0.2) is 0 Å². The third kappa shape index (κ3) is 4.30. The lowest BCUT2D eigenvalue weighted by Crippen LogP contribution is -2.47. The summed E-state index contributed by atoms with van der Waals surface area (Å²) in [7, 11) is 0. The SMILES string of the molecule is CC(CCCNCCC12CC3CC(CC(C3)C1)C2)Nc1ccnc2ccccc12. The molecular weight excluding hydrogens is 354 g/mol. The Bertz CT molecular complexity index is 789. The van der Waals surface area contributed by atoms with Crippen molar-refractivity contribution in [2.24, 2.45) is 23.2 Å². The molecule has 29 heavy (non-hydrogen) atoms. The Morgan fingerprint density at radius 1 is 1.00 bits per heavy atom. The molecule has 6 rings (SSSR count). The van der Waals surface area contributed by atoms with Gasteiger partial charge in [0.2, 0.25) is 0 Å². The molecule has 4 bridgehead atoms. The van der Waals surface area contributed by atoms with Crippen LogP contribution in [0.5, 0.6) is 0 Å². The number of aromatic nitrogens is 1. The lowest BCUT2D eigenvalue weighted by Gasteiger charge is -2.57. The van der Waals surface area contributed by atoms with Crippen molar-refractivity contribution in [1.29, 1.82) is 0 Å². The van der Waals surface area contributed by atoms with Crippen LogP contribution in [0.2, 0.25) is 0 Å². The second-order valence-electron chi connectivity index (χ2n) is 10.5. The Labute approximate surface area is 176 Å². The summed E-state index contributed by atoms with van der Waals surface area (Å²) in [6, 6.07) is 11.0. The molecule has 0 radical (unpaired) electrons. The number of rotatable bonds is 9. The van der Waals surface area contributed by atoms with Gasteiger partial charge in [0, 0.05) is 23.3 Å². The Morgan fingerprint density at radius 3 is 2.48 bits per heavy atom. The number of nitrogens with zero attached hydrogens (tertiary/aromatic N) is 1. The molecule has 4 fully saturated rings. The highest BCUT2D eigenvalue weighted by atomic mass is 14.9. The van der Waals surface area contributed by atoms with Crippen LogP contribution in [0.25, 0.3) is 10.9 Å². The summed E-state index contributed by atoms with van der Waals surface area (Å²) in [6.45, 7) is 4.67. The van der Waals surface area contributed by atoms with Crippen molar-refractivity contribution in [3.05, 3.63) is 36.5 Å². The number of benzene rings is 1. The molecule has 4 aliphatic carbocycles. The van der Waals surface area contributed by atoms with Gasteiger partial charge in [0.25, 0.3) is 0 Å². The molecule has 156 valence electrons. The number of fused-ring (bicyclic) bond motifs is 1. The van der Waals surface area contributed by atoms with Gasteiger partial charge in [-0.1, -0.05) is 18.2 Å². The molecule has 3 nitrogen and oxygen atoms in total. The molecule has 4 aliphatic rings. The highest BCUT2D eigenvalue weighted by Crippen LogP contribution is 2.61. The monoisotopic (exact) mass is 391 g/mol. The molecule has 1 unspecified atom stereocenters. The fourth-order valence-corrected chi connectivity index (χ4v) is 7.17. The zero-order valence-electron chi connectivity index (χ0n) is 18.0. The van der Waals surface area contributed by atoms with Crippen LogP contribution in [0.4, 0.5) is 5.69 Å². The number of anilines is 1. The first kappa shape index (κ1) is 19.4. The summed E-state index contributed by atoms with van der Waals surface area (Å²) in [4.78, 5) is 4.46. The van der Waals surface area contributed by atoms with Crippen molar-refractivity contribution < 1.29 is 0 Å². The lowest BCUT2D eigenvalue weighted by molar-refractivity contribution is -0.0567. The summed E-state index contributed by atoms with van der Waals surface area (Å²) in [6.07, 6.45) is 15.1. The van der Waals surface area contributed by atoms with Crippen LogP contribution in [-0.4, -0.2) is 24.1 Å². The van der Waals surface area contributed by atoms with Gasteiger partial charge in [0.05, 0.1) is 5.52 Å². The van der Waals surface area contributed by atoms with E-state index < -0.39 is 0 Å². The smallest absolute Gasteiger partial charge is 0.0722 e. The maximum Gasteiger partial charge on any atom is 0.0722 e. The molecule has 3 heteroatoms. The highest BCUT2D eigenvalue weighted by Gasteiger charge is 2.50. The molecule has 0 aliphatic heterocycles. The molecule has 1 aromatic carbocycles. The fourth-order valence-electron chi connectivity index (χ4n) is 7.17. The van der Waals surface area contributed by atoms with Gasteiger partial charge in [-0.05, 0) is 113 Å². The second-order valence-corrected chi connectivity index (χ2v) is 10.5. The maximum absolute atomic E-state index is 4.46. The zero-order chi connectivity index (χ0) is 19.7. The number of para-hydroxylation sites is 1. The van der Waals surface area contributed by atoms with Crippen molar-refractivity contribution in [2.45, 2.75) is 70.8 Å². The van der Waals surface area contributed by atoms with Gasteiger partial charge in [-0.2, -0.15) is 0 Å². The summed E-state index contributed by atoms with van der Waals surface area (Å²) in [5, 5.41) is 8.69. The predicted molar refractivity (Wildman–Crippen MR) is 122 cm³/mol. The number of hydrogen-bond donors (Lipinski definition) is 2. The van der Waals surface area contributed by atoms with Crippen LogP contribution in [0.15, 0.2) is 36.5 Å². The van der Waals surface area contributed by atoms with E-state index in [1.807, 2.05) is 6.20 Å². The Morgan fingerprint density at radius 2 is 1.72 bits per heavy atom. The van der Waals surface area contributed by atoms with E-state index in [1.54, 1.807) is 38.5 Å². The van der Waals surface area contributed by atoms with Gasteiger partial charge >= 0.3 is 0 Å². The fraction of sp³-hybridized carbons (Fsp3) is 0.654. The van der Waals surface area contributed by atoms with Gasteiger partial charge in [-0.25, -0.2) is 0 Å². The Kier molecular flexibility index (Phi) is 5.51. The van der Waals surface area contributed by atoms with E-state index in [0.29, 0.717) is 6.04 Å². The van der Waals surface area contributed by atoms with E-state index in [9.17, 15) is 0 Å². The van der Waals surface area contributed by atoms with Crippen molar-refractivity contribution in [3.8, 4) is 0 Å². The average Bonchev–Trinajstić information content (AvgIpc) is 2.70. The Balaban J connectivity index is 1.03. The number of nitrogens with one attached hydrogen (secondary N) is 2. The van der Waals surface area contributed by atoms with Gasteiger partial charge in [-0.3, -0.25) is 4.98 Å². The highest BCUT2D eigenvalue weighted by molar-refractivity contribution is 5.90. The van der Waals surface area contributed by atoms with Gasteiger partial charge in [0.1, 0.15) is 0 Å². The van der Waals surface area contributed by atoms with E-state index in [4.69, 9.17) is 0 Å². The van der Waals surface area contributed by atoms with Crippen LogP contribution in [-0.2, 0) is 0 Å². The first-order valence-electron chi connectivity index (χ1n) is 12.0. The molecule has 2 N–H and O–H groups in total. The van der Waals surface area contributed by atoms with Crippen molar-refractivity contribution in [1.82, 2.24) is 10.3 Å². The molecular formula is C26H37N3. The van der Waals surface area contributed by atoms with Crippen molar-refractivity contribution in [3.63, 3.8) is 0 Å².